The summed E-state index contributed by atoms with van der Waals surface area (Å²) in [6.07, 6.45) is 2.02. The van der Waals surface area contributed by atoms with E-state index in [1.54, 1.807) is 0 Å². The van der Waals surface area contributed by atoms with Crippen LogP contribution in [0.3, 0.4) is 0 Å². The minimum absolute atomic E-state index is 0.502. The van der Waals surface area contributed by atoms with E-state index in [0.717, 1.165) is 16.7 Å². The predicted molar refractivity (Wildman–Crippen MR) is 78.4 cm³/mol. The third-order valence-corrected chi connectivity index (χ3v) is 4.03. The zero-order valence-electron chi connectivity index (χ0n) is 11.6. The standard InChI is InChI=1S/C18H20O/c1-12-7-10-15(13(2)11-12)18(19)17-6-4-3-5-16(17)14-8-9-14/h3-7,10-11,14,18-19H,8-9H2,1-2H3. The fourth-order valence-corrected chi connectivity index (χ4v) is 2.83. The molecule has 19 heavy (non-hydrogen) atoms. The van der Waals surface area contributed by atoms with E-state index in [1.807, 2.05) is 6.07 Å². The minimum atomic E-state index is -0.502. The SMILES string of the molecule is Cc1ccc(C(O)c2ccccc2C2CC2)c(C)c1. The van der Waals surface area contributed by atoms with E-state index >= 15 is 0 Å². The van der Waals surface area contributed by atoms with Crippen LogP contribution in [-0.2, 0) is 0 Å². The lowest BCUT2D eigenvalue weighted by molar-refractivity contribution is 0.218. The minimum Gasteiger partial charge on any atom is -0.384 e. The molecule has 3 rings (SSSR count). The molecule has 0 aliphatic heterocycles. The molecule has 0 bridgehead atoms. The summed E-state index contributed by atoms with van der Waals surface area (Å²) in [5.41, 5.74) is 5.84. The molecule has 98 valence electrons. The Kier molecular flexibility index (Phi) is 3.16. The molecule has 1 atom stereocenters. The predicted octanol–water partition coefficient (Wildman–Crippen LogP) is 4.26. The number of aliphatic hydroxyl groups excluding tert-OH is 1. The maximum absolute atomic E-state index is 10.7. The second kappa shape index (κ2) is 4.82. The van der Waals surface area contributed by atoms with Crippen LogP contribution in [0.15, 0.2) is 42.5 Å². The lowest BCUT2D eigenvalue weighted by Gasteiger charge is -2.18. The molecule has 0 radical (unpaired) electrons. The van der Waals surface area contributed by atoms with E-state index in [1.165, 1.54) is 24.0 Å². The molecule has 0 spiro atoms. The Morgan fingerprint density at radius 1 is 1.00 bits per heavy atom. The van der Waals surface area contributed by atoms with Gasteiger partial charge in [-0.2, -0.15) is 0 Å². The van der Waals surface area contributed by atoms with Gasteiger partial charge in [-0.15, -0.1) is 0 Å². The molecule has 1 nitrogen and oxygen atoms in total. The van der Waals surface area contributed by atoms with Gasteiger partial charge < -0.3 is 5.11 Å². The molecular weight excluding hydrogens is 232 g/mol. The Morgan fingerprint density at radius 3 is 2.42 bits per heavy atom. The first-order valence-electron chi connectivity index (χ1n) is 7.01. The van der Waals surface area contributed by atoms with Gasteiger partial charge in [0.15, 0.2) is 0 Å². The van der Waals surface area contributed by atoms with Gasteiger partial charge in [0.1, 0.15) is 6.10 Å². The van der Waals surface area contributed by atoms with Crippen LogP contribution >= 0.6 is 0 Å². The zero-order valence-corrected chi connectivity index (χ0v) is 11.6. The van der Waals surface area contributed by atoms with Gasteiger partial charge in [0.05, 0.1) is 0 Å². The van der Waals surface area contributed by atoms with Gasteiger partial charge in [-0.1, -0.05) is 48.0 Å². The van der Waals surface area contributed by atoms with E-state index in [9.17, 15) is 5.11 Å². The summed E-state index contributed by atoms with van der Waals surface area (Å²) in [5.74, 6) is 0.664. The van der Waals surface area contributed by atoms with Crippen molar-refractivity contribution in [1.29, 1.82) is 0 Å². The third-order valence-electron chi connectivity index (χ3n) is 4.03. The van der Waals surface area contributed by atoms with E-state index in [0.29, 0.717) is 5.92 Å². The molecule has 0 aromatic heterocycles. The van der Waals surface area contributed by atoms with Crippen molar-refractivity contribution in [3.05, 3.63) is 70.3 Å². The van der Waals surface area contributed by atoms with Gasteiger partial charge in [-0.05, 0) is 54.9 Å². The van der Waals surface area contributed by atoms with Crippen LogP contribution in [0.4, 0.5) is 0 Å². The fraction of sp³-hybridized carbons (Fsp3) is 0.333. The highest BCUT2D eigenvalue weighted by Gasteiger charge is 2.28. The lowest BCUT2D eigenvalue weighted by Crippen LogP contribution is -2.05. The Hall–Kier alpha value is -1.60. The highest BCUT2D eigenvalue weighted by molar-refractivity contribution is 5.42. The van der Waals surface area contributed by atoms with Gasteiger partial charge in [0, 0.05) is 0 Å². The number of hydrogen-bond acceptors (Lipinski definition) is 1. The van der Waals surface area contributed by atoms with Crippen molar-refractivity contribution in [3.8, 4) is 0 Å². The van der Waals surface area contributed by atoms with E-state index in [-0.39, 0.29) is 0 Å². The van der Waals surface area contributed by atoms with Crippen LogP contribution in [-0.4, -0.2) is 5.11 Å². The largest absolute Gasteiger partial charge is 0.384 e. The van der Waals surface area contributed by atoms with Crippen LogP contribution in [0.25, 0.3) is 0 Å². The average molecular weight is 252 g/mol. The monoisotopic (exact) mass is 252 g/mol. The molecule has 1 saturated carbocycles. The van der Waals surface area contributed by atoms with Crippen molar-refractivity contribution >= 4 is 0 Å². The zero-order chi connectivity index (χ0) is 13.4. The molecule has 1 fully saturated rings. The highest BCUT2D eigenvalue weighted by atomic mass is 16.3. The Morgan fingerprint density at radius 2 is 1.74 bits per heavy atom. The summed E-state index contributed by atoms with van der Waals surface area (Å²) >= 11 is 0. The van der Waals surface area contributed by atoms with Crippen molar-refractivity contribution in [3.63, 3.8) is 0 Å². The quantitative estimate of drug-likeness (QED) is 0.865. The van der Waals surface area contributed by atoms with Crippen molar-refractivity contribution < 1.29 is 5.11 Å². The van der Waals surface area contributed by atoms with Crippen molar-refractivity contribution in [2.24, 2.45) is 0 Å². The fourth-order valence-electron chi connectivity index (χ4n) is 2.83. The van der Waals surface area contributed by atoms with Crippen molar-refractivity contribution in [2.75, 3.05) is 0 Å². The second-order valence-electron chi connectivity index (χ2n) is 5.67. The van der Waals surface area contributed by atoms with Crippen molar-refractivity contribution in [2.45, 2.75) is 38.7 Å². The number of aryl methyl sites for hydroxylation is 2. The Bertz CT molecular complexity index is 596. The van der Waals surface area contributed by atoms with E-state index in [2.05, 4.69) is 50.2 Å². The normalized spacial score (nSPS) is 16.4. The highest BCUT2D eigenvalue weighted by Crippen LogP contribution is 2.44. The Labute approximate surface area is 114 Å². The molecule has 0 heterocycles. The Balaban J connectivity index is 2.01. The van der Waals surface area contributed by atoms with Crippen LogP contribution in [0.1, 0.15) is 52.7 Å². The summed E-state index contributed by atoms with van der Waals surface area (Å²) < 4.78 is 0. The van der Waals surface area contributed by atoms with Crippen LogP contribution in [0.5, 0.6) is 0 Å². The molecule has 1 aliphatic rings. The number of rotatable bonds is 3. The number of hydrogen-bond donors (Lipinski definition) is 1. The van der Waals surface area contributed by atoms with Gasteiger partial charge in [0.2, 0.25) is 0 Å². The topological polar surface area (TPSA) is 20.2 Å². The molecule has 2 aromatic rings. The number of benzene rings is 2. The molecule has 1 unspecified atom stereocenters. The maximum Gasteiger partial charge on any atom is 0.105 e. The van der Waals surface area contributed by atoms with Gasteiger partial charge in [-0.25, -0.2) is 0 Å². The molecule has 2 aromatic carbocycles. The van der Waals surface area contributed by atoms with Crippen LogP contribution < -0.4 is 0 Å². The third kappa shape index (κ3) is 2.43. The van der Waals surface area contributed by atoms with E-state index in [4.69, 9.17) is 0 Å². The van der Waals surface area contributed by atoms with Gasteiger partial charge in [0.25, 0.3) is 0 Å². The molecule has 1 aliphatic carbocycles. The first-order valence-corrected chi connectivity index (χ1v) is 7.01. The lowest BCUT2D eigenvalue weighted by atomic mass is 9.91. The second-order valence-corrected chi connectivity index (χ2v) is 5.67. The van der Waals surface area contributed by atoms with Gasteiger partial charge in [-0.3, -0.25) is 0 Å². The molecule has 0 amide bonds. The average Bonchev–Trinajstić information content (AvgIpc) is 3.22. The summed E-state index contributed by atoms with van der Waals surface area (Å²) in [6, 6.07) is 14.6. The summed E-state index contributed by atoms with van der Waals surface area (Å²) in [5, 5.41) is 10.7. The van der Waals surface area contributed by atoms with E-state index < -0.39 is 6.10 Å². The van der Waals surface area contributed by atoms with Gasteiger partial charge >= 0.3 is 0 Å². The molecular formula is C18H20O. The first kappa shape index (κ1) is 12.4. The summed E-state index contributed by atoms with van der Waals surface area (Å²) in [6.45, 7) is 4.16. The smallest absolute Gasteiger partial charge is 0.105 e. The number of aliphatic hydroxyl groups is 1. The summed E-state index contributed by atoms with van der Waals surface area (Å²) in [7, 11) is 0. The molecule has 1 heteroatoms. The summed E-state index contributed by atoms with van der Waals surface area (Å²) in [4.78, 5) is 0. The van der Waals surface area contributed by atoms with Crippen LogP contribution in [0.2, 0.25) is 0 Å². The molecule has 1 N–H and O–H groups in total. The molecule has 0 saturated heterocycles. The van der Waals surface area contributed by atoms with Crippen LogP contribution in [0, 0.1) is 13.8 Å². The maximum atomic E-state index is 10.7. The van der Waals surface area contributed by atoms with Crippen molar-refractivity contribution in [1.82, 2.24) is 0 Å². The first-order chi connectivity index (χ1) is 9.16.